The van der Waals surface area contributed by atoms with E-state index >= 15 is 0 Å². The minimum absolute atomic E-state index is 0.00281. The van der Waals surface area contributed by atoms with E-state index in [2.05, 4.69) is 15.9 Å². The maximum Gasteiger partial charge on any atom is 0.317 e. The average molecular weight is 304 g/mol. The smallest absolute Gasteiger partial charge is 0.317 e. The standard InChI is InChI=1S/C12H15BrFNO2/c1-2-5-15(8-12(16)17)7-9-3-4-11(14)10(13)6-9/h3-4,6H,2,5,7-8H2,1H3,(H,16,17). The van der Waals surface area contributed by atoms with Crippen LogP contribution in [-0.4, -0.2) is 29.1 Å². The van der Waals surface area contributed by atoms with Crippen molar-refractivity contribution in [2.24, 2.45) is 0 Å². The van der Waals surface area contributed by atoms with Crippen LogP contribution in [0.4, 0.5) is 4.39 Å². The van der Waals surface area contributed by atoms with Crippen molar-refractivity contribution in [1.82, 2.24) is 4.90 Å². The zero-order valence-corrected chi connectivity index (χ0v) is 11.2. The lowest BCUT2D eigenvalue weighted by molar-refractivity contribution is -0.138. The Labute approximate surface area is 108 Å². The molecule has 5 heteroatoms. The van der Waals surface area contributed by atoms with Crippen LogP contribution in [0.15, 0.2) is 22.7 Å². The fraction of sp³-hybridized carbons (Fsp3) is 0.417. The predicted octanol–water partition coefficient (Wildman–Crippen LogP) is 2.88. The Bertz CT molecular complexity index is 398. The first kappa shape index (κ1) is 14.1. The molecule has 1 aromatic carbocycles. The number of aliphatic carboxylic acids is 1. The molecule has 0 unspecified atom stereocenters. The van der Waals surface area contributed by atoms with E-state index in [1.807, 2.05) is 11.8 Å². The molecule has 0 spiro atoms. The van der Waals surface area contributed by atoms with Gasteiger partial charge in [-0.05, 0) is 46.6 Å². The van der Waals surface area contributed by atoms with Crippen molar-refractivity contribution >= 4 is 21.9 Å². The summed E-state index contributed by atoms with van der Waals surface area (Å²) >= 11 is 3.12. The number of carbonyl (C=O) groups is 1. The Kier molecular flexibility index (Phi) is 5.58. The summed E-state index contributed by atoms with van der Waals surface area (Å²) in [5.41, 5.74) is 0.896. The SMILES string of the molecule is CCCN(CC(=O)O)Cc1ccc(F)c(Br)c1. The molecular weight excluding hydrogens is 289 g/mol. The van der Waals surface area contributed by atoms with Crippen LogP contribution in [0.5, 0.6) is 0 Å². The van der Waals surface area contributed by atoms with Crippen molar-refractivity contribution in [3.63, 3.8) is 0 Å². The maximum atomic E-state index is 13.0. The van der Waals surface area contributed by atoms with Crippen molar-refractivity contribution in [3.05, 3.63) is 34.1 Å². The van der Waals surface area contributed by atoms with Gasteiger partial charge in [-0.25, -0.2) is 4.39 Å². The van der Waals surface area contributed by atoms with E-state index in [9.17, 15) is 9.18 Å². The second-order valence-corrected chi connectivity index (χ2v) is 4.71. The number of nitrogens with zero attached hydrogens (tertiary/aromatic N) is 1. The highest BCUT2D eigenvalue weighted by Gasteiger charge is 2.10. The summed E-state index contributed by atoms with van der Waals surface area (Å²) < 4.78 is 13.4. The minimum Gasteiger partial charge on any atom is -0.480 e. The molecule has 0 amide bonds. The Hall–Kier alpha value is -0.940. The zero-order chi connectivity index (χ0) is 12.8. The van der Waals surface area contributed by atoms with Gasteiger partial charge in [-0.3, -0.25) is 9.69 Å². The topological polar surface area (TPSA) is 40.5 Å². The summed E-state index contributed by atoms with van der Waals surface area (Å²) in [6.07, 6.45) is 0.885. The molecule has 1 rings (SSSR count). The van der Waals surface area contributed by atoms with E-state index in [0.717, 1.165) is 12.0 Å². The van der Waals surface area contributed by atoms with Gasteiger partial charge in [-0.1, -0.05) is 13.0 Å². The first-order valence-electron chi connectivity index (χ1n) is 5.41. The second-order valence-electron chi connectivity index (χ2n) is 3.85. The van der Waals surface area contributed by atoms with Crippen LogP contribution in [0.2, 0.25) is 0 Å². The molecule has 0 saturated heterocycles. The summed E-state index contributed by atoms with van der Waals surface area (Å²) in [6, 6.07) is 4.73. The Morgan fingerprint density at radius 3 is 2.76 bits per heavy atom. The van der Waals surface area contributed by atoms with E-state index in [1.165, 1.54) is 6.07 Å². The number of carboxylic acids is 1. The molecule has 94 valence electrons. The van der Waals surface area contributed by atoms with E-state index in [0.29, 0.717) is 17.6 Å². The summed E-state index contributed by atoms with van der Waals surface area (Å²) in [7, 11) is 0. The van der Waals surface area contributed by atoms with Crippen LogP contribution in [0.25, 0.3) is 0 Å². The molecule has 0 aliphatic rings. The van der Waals surface area contributed by atoms with Gasteiger partial charge in [0.05, 0.1) is 11.0 Å². The molecule has 1 aromatic rings. The second kappa shape index (κ2) is 6.71. The molecule has 1 N–H and O–H groups in total. The molecule has 0 saturated carbocycles. The zero-order valence-electron chi connectivity index (χ0n) is 9.62. The molecule has 0 fully saturated rings. The van der Waals surface area contributed by atoms with Crippen LogP contribution in [0.3, 0.4) is 0 Å². The van der Waals surface area contributed by atoms with Crippen LogP contribution in [0.1, 0.15) is 18.9 Å². The molecule has 0 aromatic heterocycles. The lowest BCUT2D eigenvalue weighted by Gasteiger charge is -2.19. The van der Waals surface area contributed by atoms with Crippen molar-refractivity contribution in [1.29, 1.82) is 0 Å². The van der Waals surface area contributed by atoms with E-state index < -0.39 is 5.97 Å². The number of hydrogen-bond donors (Lipinski definition) is 1. The number of rotatable bonds is 6. The van der Waals surface area contributed by atoms with Gasteiger partial charge in [-0.15, -0.1) is 0 Å². The van der Waals surface area contributed by atoms with Gasteiger partial charge in [0.1, 0.15) is 5.82 Å². The molecule has 0 heterocycles. The molecule has 0 aliphatic carbocycles. The predicted molar refractivity (Wildman–Crippen MR) is 67.3 cm³/mol. The van der Waals surface area contributed by atoms with Gasteiger partial charge in [0.15, 0.2) is 0 Å². The van der Waals surface area contributed by atoms with Crippen LogP contribution in [-0.2, 0) is 11.3 Å². The lowest BCUT2D eigenvalue weighted by atomic mass is 10.2. The largest absolute Gasteiger partial charge is 0.480 e. The molecule has 0 atom stereocenters. The number of benzene rings is 1. The summed E-state index contributed by atoms with van der Waals surface area (Å²) in [5.74, 6) is -1.16. The van der Waals surface area contributed by atoms with Gasteiger partial charge in [-0.2, -0.15) is 0 Å². The summed E-state index contributed by atoms with van der Waals surface area (Å²) in [4.78, 5) is 12.5. The van der Waals surface area contributed by atoms with Gasteiger partial charge < -0.3 is 5.11 Å². The molecule has 0 radical (unpaired) electrons. The first-order chi connectivity index (χ1) is 8.02. The van der Waals surface area contributed by atoms with Gasteiger partial charge in [0, 0.05) is 6.54 Å². The molecule has 17 heavy (non-hydrogen) atoms. The third-order valence-corrected chi connectivity index (χ3v) is 2.90. The van der Waals surface area contributed by atoms with Crippen molar-refractivity contribution in [2.45, 2.75) is 19.9 Å². The van der Waals surface area contributed by atoms with Crippen LogP contribution >= 0.6 is 15.9 Å². The van der Waals surface area contributed by atoms with Crippen molar-refractivity contribution < 1.29 is 14.3 Å². The van der Waals surface area contributed by atoms with Gasteiger partial charge in [0.25, 0.3) is 0 Å². The number of halogens is 2. The Morgan fingerprint density at radius 2 is 2.24 bits per heavy atom. The molecule has 0 aliphatic heterocycles. The highest BCUT2D eigenvalue weighted by molar-refractivity contribution is 9.10. The fourth-order valence-corrected chi connectivity index (χ4v) is 2.04. The quantitative estimate of drug-likeness (QED) is 0.878. The first-order valence-corrected chi connectivity index (χ1v) is 6.20. The summed E-state index contributed by atoms with van der Waals surface area (Å²) in [5, 5.41) is 8.78. The number of carboxylic acid groups (broad SMARTS) is 1. The Balaban J connectivity index is 2.71. The number of hydrogen-bond acceptors (Lipinski definition) is 2. The van der Waals surface area contributed by atoms with Crippen molar-refractivity contribution in [3.8, 4) is 0 Å². The summed E-state index contributed by atoms with van der Waals surface area (Å²) in [6.45, 7) is 3.22. The van der Waals surface area contributed by atoms with Gasteiger partial charge in [0.2, 0.25) is 0 Å². The fourth-order valence-electron chi connectivity index (χ4n) is 1.62. The lowest BCUT2D eigenvalue weighted by Crippen LogP contribution is -2.30. The highest BCUT2D eigenvalue weighted by Crippen LogP contribution is 2.18. The van der Waals surface area contributed by atoms with Crippen LogP contribution < -0.4 is 0 Å². The van der Waals surface area contributed by atoms with Gasteiger partial charge >= 0.3 is 5.97 Å². The van der Waals surface area contributed by atoms with E-state index in [-0.39, 0.29) is 12.4 Å². The van der Waals surface area contributed by atoms with E-state index in [1.54, 1.807) is 12.1 Å². The molecular formula is C12H15BrFNO2. The maximum absolute atomic E-state index is 13.0. The minimum atomic E-state index is -0.848. The average Bonchev–Trinajstić information content (AvgIpc) is 2.23. The van der Waals surface area contributed by atoms with Crippen molar-refractivity contribution in [2.75, 3.05) is 13.1 Å². The highest BCUT2D eigenvalue weighted by atomic mass is 79.9. The monoisotopic (exact) mass is 303 g/mol. The van der Waals surface area contributed by atoms with Crippen LogP contribution in [0, 0.1) is 5.82 Å². The third-order valence-electron chi connectivity index (χ3n) is 2.29. The molecule has 0 bridgehead atoms. The third kappa shape index (κ3) is 4.83. The Morgan fingerprint density at radius 1 is 1.53 bits per heavy atom. The van der Waals surface area contributed by atoms with E-state index in [4.69, 9.17) is 5.11 Å². The molecule has 3 nitrogen and oxygen atoms in total. The normalized spacial score (nSPS) is 10.8.